The lowest BCUT2D eigenvalue weighted by Crippen LogP contribution is -2.52. The van der Waals surface area contributed by atoms with Gasteiger partial charge in [-0.15, -0.1) is 0 Å². The summed E-state index contributed by atoms with van der Waals surface area (Å²) in [6.07, 6.45) is 4.20. The number of hydrogen-bond acceptors (Lipinski definition) is 6. The molecule has 0 radical (unpaired) electrons. The standard InChI is InChI=1S/C14H20N4O2/c1-14(2)9-18(5-3-11(14)15)7-12-16-13(17-20-12)10-4-6-19-8-10/h4,6,8,11H,3,5,7,9,15H2,1-2H3. The Morgan fingerprint density at radius 3 is 3.05 bits per heavy atom. The summed E-state index contributed by atoms with van der Waals surface area (Å²) in [7, 11) is 0. The number of nitrogens with zero attached hydrogens (tertiary/aromatic N) is 3. The molecule has 3 heterocycles. The minimum atomic E-state index is 0.117. The van der Waals surface area contributed by atoms with Crippen molar-refractivity contribution in [1.29, 1.82) is 0 Å². The lowest BCUT2D eigenvalue weighted by atomic mass is 9.80. The first-order valence-corrected chi connectivity index (χ1v) is 6.88. The maximum Gasteiger partial charge on any atom is 0.241 e. The van der Waals surface area contributed by atoms with E-state index in [1.165, 1.54) is 0 Å². The van der Waals surface area contributed by atoms with Crippen LogP contribution in [0.3, 0.4) is 0 Å². The summed E-state index contributed by atoms with van der Waals surface area (Å²) in [5, 5.41) is 3.98. The Labute approximate surface area is 117 Å². The predicted molar refractivity (Wildman–Crippen MR) is 73.7 cm³/mol. The summed E-state index contributed by atoms with van der Waals surface area (Å²) < 4.78 is 10.3. The van der Waals surface area contributed by atoms with Gasteiger partial charge in [0, 0.05) is 19.1 Å². The molecule has 0 amide bonds. The van der Waals surface area contributed by atoms with Gasteiger partial charge in [-0.05, 0) is 17.9 Å². The Morgan fingerprint density at radius 1 is 1.50 bits per heavy atom. The van der Waals surface area contributed by atoms with Crippen molar-refractivity contribution in [2.24, 2.45) is 11.1 Å². The van der Waals surface area contributed by atoms with Crippen molar-refractivity contribution in [1.82, 2.24) is 15.0 Å². The van der Waals surface area contributed by atoms with E-state index >= 15 is 0 Å². The summed E-state index contributed by atoms with van der Waals surface area (Å²) in [6.45, 7) is 6.98. The topological polar surface area (TPSA) is 81.3 Å². The molecule has 0 spiro atoms. The van der Waals surface area contributed by atoms with Crippen molar-refractivity contribution in [2.75, 3.05) is 13.1 Å². The monoisotopic (exact) mass is 276 g/mol. The fraction of sp³-hybridized carbons (Fsp3) is 0.571. The van der Waals surface area contributed by atoms with Crippen molar-refractivity contribution in [2.45, 2.75) is 32.9 Å². The maximum atomic E-state index is 6.15. The Balaban J connectivity index is 1.67. The van der Waals surface area contributed by atoms with E-state index in [4.69, 9.17) is 14.7 Å². The third-order valence-corrected chi connectivity index (χ3v) is 4.00. The Morgan fingerprint density at radius 2 is 2.35 bits per heavy atom. The van der Waals surface area contributed by atoms with Gasteiger partial charge in [0.2, 0.25) is 11.7 Å². The van der Waals surface area contributed by atoms with Crippen LogP contribution in [0, 0.1) is 5.41 Å². The number of nitrogens with two attached hydrogens (primary N) is 1. The molecule has 0 aromatic carbocycles. The molecular weight excluding hydrogens is 256 g/mol. The highest BCUT2D eigenvalue weighted by Crippen LogP contribution is 2.28. The molecule has 0 saturated carbocycles. The molecule has 1 aliphatic rings. The molecule has 1 fully saturated rings. The molecule has 0 aliphatic carbocycles. The summed E-state index contributed by atoms with van der Waals surface area (Å²) in [6, 6.07) is 2.07. The Hall–Kier alpha value is -1.66. The van der Waals surface area contributed by atoms with E-state index in [0.717, 1.165) is 25.1 Å². The van der Waals surface area contributed by atoms with Gasteiger partial charge in [0.25, 0.3) is 0 Å². The van der Waals surface area contributed by atoms with E-state index in [1.54, 1.807) is 12.5 Å². The molecule has 0 bridgehead atoms. The quantitative estimate of drug-likeness (QED) is 0.922. The summed E-state index contributed by atoms with van der Waals surface area (Å²) >= 11 is 0. The third kappa shape index (κ3) is 2.62. The zero-order valence-electron chi connectivity index (χ0n) is 11.9. The summed E-state index contributed by atoms with van der Waals surface area (Å²) in [5.74, 6) is 1.20. The van der Waals surface area contributed by atoms with E-state index in [-0.39, 0.29) is 11.5 Å². The average molecular weight is 276 g/mol. The molecule has 2 N–H and O–H groups in total. The van der Waals surface area contributed by atoms with Crippen LogP contribution in [0.5, 0.6) is 0 Å². The molecule has 6 nitrogen and oxygen atoms in total. The molecule has 6 heteroatoms. The second kappa shape index (κ2) is 5.03. The van der Waals surface area contributed by atoms with Gasteiger partial charge in [0.1, 0.15) is 6.26 Å². The highest BCUT2D eigenvalue weighted by atomic mass is 16.5. The van der Waals surface area contributed by atoms with Crippen LogP contribution in [0.4, 0.5) is 0 Å². The number of piperidine rings is 1. The second-order valence-electron chi connectivity index (χ2n) is 6.12. The number of rotatable bonds is 3. The van der Waals surface area contributed by atoms with Crippen LogP contribution in [0.1, 0.15) is 26.2 Å². The number of aromatic nitrogens is 2. The van der Waals surface area contributed by atoms with Crippen molar-refractivity contribution in [3.8, 4) is 11.4 Å². The van der Waals surface area contributed by atoms with Crippen LogP contribution in [-0.2, 0) is 6.54 Å². The lowest BCUT2D eigenvalue weighted by molar-refractivity contribution is 0.0811. The minimum Gasteiger partial charge on any atom is -0.472 e. The van der Waals surface area contributed by atoms with Crippen LogP contribution < -0.4 is 5.73 Å². The molecule has 108 valence electrons. The van der Waals surface area contributed by atoms with Gasteiger partial charge in [-0.2, -0.15) is 4.98 Å². The fourth-order valence-corrected chi connectivity index (χ4v) is 2.64. The Kier molecular flexibility index (Phi) is 3.35. The normalized spacial score (nSPS) is 23.1. The fourth-order valence-electron chi connectivity index (χ4n) is 2.64. The summed E-state index contributed by atoms with van der Waals surface area (Å²) in [4.78, 5) is 6.72. The van der Waals surface area contributed by atoms with Gasteiger partial charge < -0.3 is 14.7 Å². The lowest BCUT2D eigenvalue weighted by Gasteiger charge is -2.42. The SMILES string of the molecule is CC1(C)CN(Cc2nc(-c3ccoc3)no2)CCC1N. The summed E-state index contributed by atoms with van der Waals surface area (Å²) in [5.41, 5.74) is 7.10. The molecule has 2 aromatic heterocycles. The van der Waals surface area contributed by atoms with Crippen molar-refractivity contribution < 1.29 is 8.94 Å². The van der Waals surface area contributed by atoms with Gasteiger partial charge in [-0.1, -0.05) is 19.0 Å². The highest BCUT2D eigenvalue weighted by molar-refractivity contribution is 5.51. The van der Waals surface area contributed by atoms with Crippen LogP contribution in [0.15, 0.2) is 27.5 Å². The third-order valence-electron chi connectivity index (χ3n) is 4.00. The van der Waals surface area contributed by atoms with E-state index < -0.39 is 0 Å². The molecular formula is C14H20N4O2. The molecule has 1 saturated heterocycles. The smallest absolute Gasteiger partial charge is 0.241 e. The molecule has 1 aliphatic heterocycles. The van der Waals surface area contributed by atoms with Gasteiger partial charge in [0.05, 0.1) is 18.4 Å². The van der Waals surface area contributed by atoms with Gasteiger partial charge in [-0.3, -0.25) is 4.90 Å². The average Bonchev–Trinajstić information content (AvgIpc) is 3.03. The minimum absolute atomic E-state index is 0.117. The first-order valence-electron chi connectivity index (χ1n) is 6.88. The van der Waals surface area contributed by atoms with Gasteiger partial charge >= 0.3 is 0 Å². The molecule has 1 atom stereocenters. The van der Waals surface area contributed by atoms with E-state index in [0.29, 0.717) is 18.3 Å². The van der Waals surface area contributed by atoms with Crippen LogP contribution in [0.2, 0.25) is 0 Å². The molecule has 3 rings (SSSR count). The molecule has 1 unspecified atom stereocenters. The van der Waals surface area contributed by atoms with Crippen molar-refractivity contribution >= 4 is 0 Å². The zero-order valence-corrected chi connectivity index (χ0v) is 11.9. The van der Waals surface area contributed by atoms with Crippen LogP contribution >= 0.6 is 0 Å². The number of furan rings is 1. The van der Waals surface area contributed by atoms with E-state index in [9.17, 15) is 0 Å². The van der Waals surface area contributed by atoms with Gasteiger partial charge in [-0.25, -0.2) is 0 Å². The number of hydrogen-bond donors (Lipinski definition) is 1. The first kappa shape index (κ1) is 13.3. The van der Waals surface area contributed by atoms with E-state index in [1.807, 2.05) is 6.07 Å². The number of likely N-dealkylation sites (tertiary alicyclic amines) is 1. The second-order valence-corrected chi connectivity index (χ2v) is 6.12. The van der Waals surface area contributed by atoms with Gasteiger partial charge in [0.15, 0.2) is 0 Å². The molecule has 2 aromatic rings. The largest absolute Gasteiger partial charge is 0.472 e. The highest BCUT2D eigenvalue weighted by Gasteiger charge is 2.33. The van der Waals surface area contributed by atoms with Crippen molar-refractivity contribution in [3.05, 3.63) is 24.5 Å². The molecule has 20 heavy (non-hydrogen) atoms. The van der Waals surface area contributed by atoms with Crippen LogP contribution in [-0.4, -0.2) is 34.2 Å². The maximum absolute atomic E-state index is 6.15. The van der Waals surface area contributed by atoms with E-state index in [2.05, 4.69) is 28.9 Å². The van der Waals surface area contributed by atoms with Crippen molar-refractivity contribution in [3.63, 3.8) is 0 Å². The van der Waals surface area contributed by atoms with Crippen LogP contribution in [0.25, 0.3) is 11.4 Å². The predicted octanol–water partition coefficient (Wildman–Crippen LogP) is 1.89. The first-order chi connectivity index (χ1) is 9.54. The Bertz CT molecular complexity index is 562. The zero-order chi connectivity index (χ0) is 14.2.